The first-order chi connectivity index (χ1) is 13.6. The summed E-state index contributed by atoms with van der Waals surface area (Å²) in [6, 6.07) is 15.0. The zero-order valence-corrected chi connectivity index (χ0v) is 16.5. The standard InChI is InChI=1S/C22H27N3O3/c1-3-15-28-21-6-4-5-18(16-21)22(27)23-19-7-9-20(10-8-19)25-13-11-24(12-14-25)17(2)26/h4-10,16H,3,11-15H2,1-2H3,(H,23,27). The highest BCUT2D eigenvalue weighted by Crippen LogP contribution is 2.21. The smallest absolute Gasteiger partial charge is 0.255 e. The van der Waals surface area contributed by atoms with E-state index in [0.29, 0.717) is 17.9 Å². The van der Waals surface area contributed by atoms with E-state index >= 15 is 0 Å². The Morgan fingerprint density at radius 3 is 2.39 bits per heavy atom. The number of anilines is 2. The molecule has 1 fully saturated rings. The number of nitrogens with zero attached hydrogens (tertiary/aromatic N) is 2. The molecule has 0 unspecified atom stereocenters. The fourth-order valence-electron chi connectivity index (χ4n) is 3.19. The van der Waals surface area contributed by atoms with Gasteiger partial charge in [-0.3, -0.25) is 9.59 Å². The van der Waals surface area contributed by atoms with Gasteiger partial charge in [0.1, 0.15) is 5.75 Å². The van der Waals surface area contributed by atoms with E-state index in [1.807, 2.05) is 48.2 Å². The van der Waals surface area contributed by atoms with E-state index in [-0.39, 0.29) is 11.8 Å². The third kappa shape index (κ3) is 5.03. The van der Waals surface area contributed by atoms with Gasteiger partial charge in [-0.25, -0.2) is 0 Å². The minimum absolute atomic E-state index is 0.127. The van der Waals surface area contributed by atoms with Crippen LogP contribution in [0.25, 0.3) is 0 Å². The van der Waals surface area contributed by atoms with Crippen LogP contribution in [0.3, 0.4) is 0 Å². The third-order valence-electron chi connectivity index (χ3n) is 4.78. The van der Waals surface area contributed by atoms with E-state index in [2.05, 4.69) is 10.2 Å². The van der Waals surface area contributed by atoms with Crippen molar-refractivity contribution < 1.29 is 14.3 Å². The molecule has 3 rings (SSSR count). The van der Waals surface area contributed by atoms with E-state index in [0.717, 1.165) is 44.0 Å². The van der Waals surface area contributed by atoms with Gasteiger partial charge < -0.3 is 19.9 Å². The first-order valence-electron chi connectivity index (χ1n) is 9.71. The monoisotopic (exact) mass is 381 g/mol. The van der Waals surface area contributed by atoms with Crippen LogP contribution in [0.5, 0.6) is 5.75 Å². The summed E-state index contributed by atoms with van der Waals surface area (Å²) in [5.74, 6) is 0.668. The molecule has 1 N–H and O–H groups in total. The predicted octanol–water partition coefficient (Wildman–Crippen LogP) is 3.40. The molecule has 0 radical (unpaired) electrons. The maximum absolute atomic E-state index is 12.5. The minimum Gasteiger partial charge on any atom is -0.494 e. The molecule has 1 aliphatic rings. The molecule has 2 aromatic rings. The number of nitrogens with one attached hydrogen (secondary N) is 1. The fourth-order valence-corrected chi connectivity index (χ4v) is 3.19. The summed E-state index contributed by atoms with van der Waals surface area (Å²) in [5.41, 5.74) is 2.41. The number of hydrogen-bond donors (Lipinski definition) is 1. The first kappa shape index (κ1) is 19.7. The van der Waals surface area contributed by atoms with Crippen LogP contribution in [0.4, 0.5) is 11.4 Å². The molecule has 1 heterocycles. The molecular formula is C22H27N3O3. The molecule has 148 valence electrons. The van der Waals surface area contributed by atoms with Crippen LogP contribution in [-0.2, 0) is 4.79 Å². The first-order valence-corrected chi connectivity index (χ1v) is 9.71. The number of carbonyl (C=O) groups excluding carboxylic acids is 2. The number of piperazine rings is 1. The van der Waals surface area contributed by atoms with Crippen molar-refractivity contribution in [1.82, 2.24) is 4.90 Å². The Labute approximate surface area is 166 Å². The van der Waals surface area contributed by atoms with Gasteiger partial charge in [0, 0.05) is 50.0 Å². The molecule has 0 aromatic heterocycles. The molecule has 2 amide bonds. The van der Waals surface area contributed by atoms with Gasteiger partial charge in [-0.15, -0.1) is 0 Å². The topological polar surface area (TPSA) is 61.9 Å². The van der Waals surface area contributed by atoms with Gasteiger partial charge in [-0.1, -0.05) is 13.0 Å². The zero-order chi connectivity index (χ0) is 19.9. The van der Waals surface area contributed by atoms with Crippen molar-refractivity contribution in [1.29, 1.82) is 0 Å². The van der Waals surface area contributed by atoms with Gasteiger partial charge >= 0.3 is 0 Å². The number of ether oxygens (including phenoxy) is 1. The normalized spacial score (nSPS) is 13.9. The summed E-state index contributed by atoms with van der Waals surface area (Å²) < 4.78 is 5.59. The summed E-state index contributed by atoms with van der Waals surface area (Å²) in [4.78, 5) is 28.1. The Kier molecular flexibility index (Phi) is 6.53. The van der Waals surface area contributed by atoms with Crippen molar-refractivity contribution in [2.45, 2.75) is 20.3 Å². The number of rotatable bonds is 6. The van der Waals surface area contributed by atoms with Crippen LogP contribution in [0.2, 0.25) is 0 Å². The van der Waals surface area contributed by atoms with Crippen LogP contribution in [0, 0.1) is 0 Å². The quantitative estimate of drug-likeness (QED) is 0.833. The number of hydrogen-bond acceptors (Lipinski definition) is 4. The van der Waals surface area contributed by atoms with Gasteiger partial charge in [0.15, 0.2) is 0 Å². The van der Waals surface area contributed by atoms with E-state index in [9.17, 15) is 9.59 Å². The van der Waals surface area contributed by atoms with Gasteiger partial charge in [0.05, 0.1) is 6.61 Å². The maximum atomic E-state index is 12.5. The van der Waals surface area contributed by atoms with E-state index < -0.39 is 0 Å². The fraction of sp³-hybridized carbons (Fsp3) is 0.364. The van der Waals surface area contributed by atoms with Gasteiger partial charge in [0.25, 0.3) is 5.91 Å². The van der Waals surface area contributed by atoms with Crippen LogP contribution in [-0.4, -0.2) is 49.5 Å². The molecule has 6 nitrogen and oxygen atoms in total. The number of carbonyl (C=O) groups is 2. The SMILES string of the molecule is CCCOc1cccc(C(=O)Nc2ccc(N3CCN(C(C)=O)CC3)cc2)c1. The highest BCUT2D eigenvalue weighted by atomic mass is 16.5. The Morgan fingerprint density at radius 1 is 1.04 bits per heavy atom. The molecule has 6 heteroatoms. The summed E-state index contributed by atoms with van der Waals surface area (Å²) in [6.07, 6.45) is 0.923. The highest BCUT2D eigenvalue weighted by Gasteiger charge is 2.18. The maximum Gasteiger partial charge on any atom is 0.255 e. The van der Waals surface area contributed by atoms with Crippen LogP contribution in [0.1, 0.15) is 30.6 Å². The molecule has 2 aromatic carbocycles. The average molecular weight is 381 g/mol. The lowest BCUT2D eigenvalue weighted by molar-refractivity contribution is -0.129. The summed E-state index contributed by atoms with van der Waals surface area (Å²) in [5, 5.41) is 2.93. The van der Waals surface area contributed by atoms with E-state index in [1.54, 1.807) is 19.1 Å². The molecule has 0 saturated carbocycles. The summed E-state index contributed by atoms with van der Waals surface area (Å²) >= 11 is 0. The second-order valence-corrected chi connectivity index (χ2v) is 6.87. The second kappa shape index (κ2) is 9.26. The summed E-state index contributed by atoms with van der Waals surface area (Å²) in [6.45, 7) is 7.40. The lowest BCUT2D eigenvalue weighted by Gasteiger charge is -2.35. The Balaban J connectivity index is 1.58. The van der Waals surface area contributed by atoms with Gasteiger partial charge in [0.2, 0.25) is 5.91 Å². The highest BCUT2D eigenvalue weighted by molar-refractivity contribution is 6.04. The van der Waals surface area contributed by atoms with Crippen LogP contribution >= 0.6 is 0 Å². The van der Waals surface area contributed by atoms with E-state index in [1.165, 1.54) is 0 Å². The van der Waals surface area contributed by atoms with Crippen molar-refractivity contribution in [3.8, 4) is 5.75 Å². The van der Waals surface area contributed by atoms with Crippen molar-refractivity contribution >= 4 is 23.2 Å². The Bertz CT molecular complexity index is 812. The van der Waals surface area contributed by atoms with Gasteiger partial charge in [-0.2, -0.15) is 0 Å². The summed E-state index contributed by atoms with van der Waals surface area (Å²) in [7, 11) is 0. The van der Waals surface area contributed by atoms with Crippen molar-refractivity contribution in [2.24, 2.45) is 0 Å². The number of amides is 2. The molecule has 1 aliphatic heterocycles. The Hall–Kier alpha value is -3.02. The van der Waals surface area contributed by atoms with Crippen LogP contribution in [0.15, 0.2) is 48.5 Å². The molecule has 28 heavy (non-hydrogen) atoms. The second-order valence-electron chi connectivity index (χ2n) is 6.87. The van der Waals surface area contributed by atoms with Crippen molar-refractivity contribution in [2.75, 3.05) is 43.0 Å². The zero-order valence-electron chi connectivity index (χ0n) is 16.5. The van der Waals surface area contributed by atoms with Crippen molar-refractivity contribution in [3.05, 3.63) is 54.1 Å². The lowest BCUT2D eigenvalue weighted by atomic mass is 10.2. The number of benzene rings is 2. The molecule has 0 bridgehead atoms. The predicted molar refractivity (Wildman–Crippen MR) is 111 cm³/mol. The van der Waals surface area contributed by atoms with Gasteiger partial charge in [-0.05, 0) is 48.9 Å². The van der Waals surface area contributed by atoms with Crippen molar-refractivity contribution in [3.63, 3.8) is 0 Å². The third-order valence-corrected chi connectivity index (χ3v) is 4.78. The van der Waals surface area contributed by atoms with E-state index in [4.69, 9.17) is 4.74 Å². The molecule has 0 spiro atoms. The molecule has 1 saturated heterocycles. The van der Waals surface area contributed by atoms with Crippen LogP contribution < -0.4 is 15.0 Å². The average Bonchev–Trinajstić information content (AvgIpc) is 2.73. The lowest BCUT2D eigenvalue weighted by Crippen LogP contribution is -2.48. The Morgan fingerprint density at radius 2 is 1.75 bits per heavy atom. The molecule has 0 atom stereocenters. The minimum atomic E-state index is -0.162. The largest absolute Gasteiger partial charge is 0.494 e. The molecule has 0 aliphatic carbocycles. The molecular weight excluding hydrogens is 354 g/mol.